The first-order chi connectivity index (χ1) is 16.0. The van der Waals surface area contributed by atoms with Gasteiger partial charge in [-0.3, -0.25) is 14.9 Å². The molecule has 0 aliphatic heterocycles. The molecule has 0 saturated heterocycles. The number of benzene rings is 3. The SMILES string of the molecule is CCCC(=O)Nc1ccc(NC(=S)NC(=O)c2ccc(OCCc3ccccc3)cc2)cc1. The quantitative estimate of drug-likeness (QED) is 0.383. The zero-order valence-electron chi connectivity index (χ0n) is 18.5. The molecule has 33 heavy (non-hydrogen) atoms. The minimum Gasteiger partial charge on any atom is -0.493 e. The van der Waals surface area contributed by atoms with Crippen LogP contribution in [0.1, 0.15) is 35.7 Å². The maximum absolute atomic E-state index is 12.5. The van der Waals surface area contributed by atoms with Crippen LogP contribution < -0.4 is 20.7 Å². The number of nitrogens with one attached hydrogen (secondary N) is 3. The topological polar surface area (TPSA) is 79.5 Å². The van der Waals surface area contributed by atoms with Crippen LogP contribution in [0, 0.1) is 0 Å². The Hall–Kier alpha value is -3.71. The minimum absolute atomic E-state index is 0.0198. The normalized spacial score (nSPS) is 10.2. The van der Waals surface area contributed by atoms with Gasteiger partial charge in [0.1, 0.15) is 5.75 Å². The van der Waals surface area contributed by atoms with Gasteiger partial charge in [0.05, 0.1) is 6.61 Å². The lowest BCUT2D eigenvalue weighted by molar-refractivity contribution is -0.116. The summed E-state index contributed by atoms with van der Waals surface area (Å²) in [5.41, 5.74) is 3.10. The number of ether oxygens (including phenoxy) is 1. The van der Waals surface area contributed by atoms with Crippen LogP contribution in [-0.2, 0) is 11.2 Å². The molecule has 3 rings (SSSR count). The second-order valence-electron chi connectivity index (χ2n) is 7.39. The molecule has 0 aliphatic rings. The lowest BCUT2D eigenvalue weighted by atomic mass is 10.2. The summed E-state index contributed by atoms with van der Waals surface area (Å²) in [6.07, 6.45) is 2.09. The fourth-order valence-electron chi connectivity index (χ4n) is 3.06. The lowest BCUT2D eigenvalue weighted by Crippen LogP contribution is -2.34. The summed E-state index contributed by atoms with van der Waals surface area (Å²) in [5, 5.41) is 8.64. The lowest BCUT2D eigenvalue weighted by Gasteiger charge is -2.11. The predicted molar refractivity (Wildman–Crippen MR) is 136 cm³/mol. The van der Waals surface area contributed by atoms with E-state index in [-0.39, 0.29) is 16.9 Å². The van der Waals surface area contributed by atoms with Gasteiger partial charge in [-0.25, -0.2) is 0 Å². The van der Waals surface area contributed by atoms with Crippen LogP contribution >= 0.6 is 12.2 Å². The van der Waals surface area contributed by atoms with Crippen molar-refractivity contribution in [3.05, 3.63) is 90.0 Å². The van der Waals surface area contributed by atoms with E-state index in [1.54, 1.807) is 48.5 Å². The minimum atomic E-state index is -0.313. The number of thiocarbonyl (C=S) groups is 1. The molecule has 0 aliphatic carbocycles. The van der Waals surface area contributed by atoms with Gasteiger partial charge in [0.25, 0.3) is 5.91 Å². The van der Waals surface area contributed by atoms with E-state index in [0.717, 1.165) is 12.8 Å². The van der Waals surface area contributed by atoms with Gasteiger partial charge in [-0.1, -0.05) is 37.3 Å². The van der Waals surface area contributed by atoms with Gasteiger partial charge in [-0.15, -0.1) is 0 Å². The summed E-state index contributed by atoms with van der Waals surface area (Å²) in [5.74, 6) is 0.370. The third-order valence-corrected chi connectivity index (χ3v) is 4.95. The summed E-state index contributed by atoms with van der Waals surface area (Å²) < 4.78 is 5.76. The van der Waals surface area contributed by atoms with Crippen molar-refractivity contribution in [3.63, 3.8) is 0 Å². The molecule has 3 aromatic carbocycles. The van der Waals surface area contributed by atoms with Gasteiger partial charge < -0.3 is 15.4 Å². The Morgan fingerprint density at radius 2 is 1.48 bits per heavy atom. The number of carbonyl (C=O) groups is 2. The molecule has 6 nitrogen and oxygen atoms in total. The van der Waals surface area contributed by atoms with E-state index in [1.165, 1.54) is 5.56 Å². The fourth-order valence-corrected chi connectivity index (χ4v) is 3.27. The maximum Gasteiger partial charge on any atom is 0.257 e. The molecule has 3 aromatic rings. The highest BCUT2D eigenvalue weighted by Gasteiger charge is 2.09. The summed E-state index contributed by atoms with van der Waals surface area (Å²) in [7, 11) is 0. The molecule has 0 saturated carbocycles. The molecule has 0 unspecified atom stereocenters. The van der Waals surface area contributed by atoms with Crippen molar-refractivity contribution in [3.8, 4) is 5.75 Å². The number of hydrogen-bond donors (Lipinski definition) is 3. The Labute approximate surface area is 199 Å². The van der Waals surface area contributed by atoms with Crippen LogP contribution in [0.2, 0.25) is 0 Å². The second kappa shape index (κ2) is 12.4. The number of rotatable bonds is 9. The summed E-state index contributed by atoms with van der Waals surface area (Å²) in [6, 6.07) is 24.2. The van der Waals surface area contributed by atoms with Crippen LogP contribution in [0.25, 0.3) is 0 Å². The highest BCUT2D eigenvalue weighted by Crippen LogP contribution is 2.15. The second-order valence-corrected chi connectivity index (χ2v) is 7.80. The first kappa shape index (κ1) is 23.9. The molecule has 7 heteroatoms. The molecular weight excluding hydrogens is 434 g/mol. The molecule has 0 bridgehead atoms. The zero-order chi connectivity index (χ0) is 23.5. The van der Waals surface area contributed by atoms with Crippen molar-refractivity contribution in [2.75, 3.05) is 17.2 Å². The van der Waals surface area contributed by atoms with Crippen molar-refractivity contribution < 1.29 is 14.3 Å². The number of hydrogen-bond acceptors (Lipinski definition) is 4. The smallest absolute Gasteiger partial charge is 0.257 e. The van der Waals surface area contributed by atoms with Crippen LogP contribution in [0.5, 0.6) is 5.75 Å². The van der Waals surface area contributed by atoms with E-state index in [0.29, 0.717) is 35.7 Å². The predicted octanol–water partition coefficient (Wildman–Crippen LogP) is 5.17. The van der Waals surface area contributed by atoms with E-state index in [1.807, 2.05) is 25.1 Å². The Morgan fingerprint density at radius 3 is 2.12 bits per heavy atom. The summed E-state index contributed by atoms with van der Waals surface area (Å²) >= 11 is 5.24. The van der Waals surface area contributed by atoms with Crippen molar-refractivity contribution in [1.82, 2.24) is 5.32 Å². The average molecular weight is 462 g/mol. The molecule has 0 atom stereocenters. The largest absolute Gasteiger partial charge is 0.493 e. The van der Waals surface area contributed by atoms with Crippen molar-refractivity contribution in [2.45, 2.75) is 26.2 Å². The zero-order valence-corrected chi connectivity index (χ0v) is 19.3. The van der Waals surface area contributed by atoms with E-state index in [2.05, 4.69) is 28.1 Å². The Bertz CT molecular complexity index is 1070. The standard InChI is InChI=1S/C26H27N3O3S/c1-2-6-24(30)27-21-11-13-22(14-12-21)28-26(33)29-25(31)20-9-15-23(16-10-20)32-18-17-19-7-4-3-5-8-19/h3-5,7-16H,2,6,17-18H2,1H3,(H,27,30)(H2,28,29,31,33). The van der Waals surface area contributed by atoms with Gasteiger partial charge in [-0.05, 0) is 72.7 Å². The van der Waals surface area contributed by atoms with Crippen molar-refractivity contribution >= 4 is 40.5 Å². The summed E-state index contributed by atoms with van der Waals surface area (Å²) in [4.78, 5) is 24.1. The summed E-state index contributed by atoms with van der Waals surface area (Å²) in [6.45, 7) is 2.52. The van der Waals surface area contributed by atoms with E-state index >= 15 is 0 Å². The van der Waals surface area contributed by atoms with Gasteiger partial charge in [0, 0.05) is 29.8 Å². The average Bonchev–Trinajstić information content (AvgIpc) is 2.81. The van der Waals surface area contributed by atoms with Crippen LogP contribution in [0.15, 0.2) is 78.9 Å². The molecule has 2 amide bonds. The van der Waals surface area contributed by atoms with E-state index in [4.69, 9.17) is 17.0 Å². The highest BCUT2D eigenvalue weighted by molar-refractivity contribution is 7.80. The molecule has 0 aromatic heterocycles. The molecule has 0 heterocycles. The van der Waals surface area contributed by atoms with Gasteiger partial charge in [0.15, 0.2) is 5.11 Å². The molecular formula is C26H27N3O3S. The van der Waals surface area contributed by atoms with Crippen LogP contribution in [0.3, 0.4) is 0 Å². The highest BCUT2D eigenvalue weighted by atomic mass is 32.1. The van der Waals surface area contributed by atoms with Gasteiger partial charge in [0.2, 0.25) is 5.91 Å². The van der Waals surface area contributed by atoms with Crippen molar-refractivity contribution in [2.24, 2.45) is 0 Å². The Balaban J connectivity index is 1.44. The fraction of sp³-hybridized carbons (Fsp3) is 0.192. The monoisotopic (exact) mass is 461 g/mol. The first-order valence-electron chi connectivity index (χ1n) is 10.8. The third kappa shape index (κ3) is 8.05. The number of carbonyl (C=O) groups excluding carboxylic acids is 2. The number of amides is 2. The van der Waals surface area contributed by atoms with Crippen LogP contribution in [0.4, 0.5) is 11.4 Å². The molecule has 0 radical (unpaired) electrons. The van der Waals surface area contributed by atoms with Crippen LogP contribution in [-0.4, -0.2) is 23.5 Å². The van der Waals surface area contributed by atoms with E-state index in [9.17, 15) is 9.59 Å². The molecule has 0 spiro atoms. The third-order valence-electron chi connectivity index (χ3n) is 4.75. The van der Waals surface area contributed by atoms with Crippen molar-refractivity contribution in [1.29, 1.82) is 0 Å². The van der Waals surface area contributed by atoms with Gasteiger partial charge in [-0.2, -0.15) is 0 Å². The molecule has 0 fully saturated rings. The molecule has 170 valence electrons. The number of anilines is 2. The maximum atomic E-state index is 12.5. The van der Waals surface area contributed by atoms with E-state index < -0.39 is 0 Å². The van der Waals surface area contributed by atoms with Gasteiger partial charge >= 0.3 is 0 Å². The Kier molecular flexibility index (Phi) is 8.97. The first-order valence-corrected chi connectivity index (χ1v) is 11.2. The Morgan fingerprint density at radius 1 is 0.848 bits per heavy atom. The molecule has 3 N–H and O–H groups in total.